The number of rotatable bonds is 6. The fourth-order valence-corrected chi connectivity index (χ4v) is 7.97. The van der Waals surface area contributed by atoms with Crippen molar-refractivity contribution in [2.45, 2.75) is 70.7 Å². The van der Waals surface area contributed by atoms with Crippen molar-refractivity contribution < 1.29 is 37.0 Å². The summed E-state index contributed by atoms with van der Waals surface area (Å²) in [5, 5.41) is 17.8. The summed E-state index contributed by atoms with van der Waals surface area (Å²) in [6.45, 7) is 9.40. The minimum absolute atomic E-state index is 0. The summed E-state index contributed by atoms with van der Waals surface area (Å²) in [5.74, 6) is -1.44. The Kier molecular flexibility index (Phi) is 13.8. The number of aliphatic hydroxyl groups is 1. The number of benzene rings is 1. The number of anilines is 1. The van der Waals surface area contributed by atoms with Crippen LogP contribution in [0.25, 0.3) is 6.08 Å². The predicted molar refractivity (Wildman–Crippen MR) is 193 cm³/mol. The standard InChI is InChI=1S/C35H49FN6O7S.CH4/c1-24-5-7-30(43)21-33(44)49-34(25(2)6-8-32(24)48-35(45)41-11-9-37-10-12-41)26(3)17-27-18-28(36)20-29(19-27)40-13-15-42(16-14-40)50(46,47)31-22-38-39(4)23-31;/h6,8,17-20,22-25,30,32,34,37,43H,5,7,9-16,21H2,1-4H3;1H4/b8-6+,26-17+;/t24-,25-,30+,32-,34-;/m0./s1. The molecule has 3 aliphatic heterocycles. The van der Waals surface area contributed by atoms with Gasteiger partial charge in [-0.05, 0) is 61.1 Å². The highest BCUT2D eigenvalue weighted by Gasteiger charge is 2.31. The fourth-order valence-electron chi connectivity index (χ4n) is 6.56. The number of nitrogens with one attached hydrogen (secondary N) is 1. The van der Waals surface area contributed by atoms with Crippen LogP contribution >= 0.6 is 0 Å². The number of aryl methyl sites for hydroxylation is 1. The Morgan fingerprint density at radius 3 is 2.45 bits per heavy atom. The van der Waals surface area contributed by atoms with E-state index in [1.54, 1.807) is 18.0 Å². The lowest BCUT2D eigenvalue weighted by Gasteiger charge is -2.35. The van der Waals surface area contributed by atoms with Crippen molar-refractivity contribution in [3.05, 3.63) is 59.7 Å². The molecular weight excluding hydrogens is 679 g/mol. The van der Waals surface area contributed by atoms with Crippen LogP contribution in [-0.4, -0.2) is 115 Å². The number of halogens is 1. The second-order valence-electron chi connectivity index (χ2n) is 13.5. The lowest BCUT2D eigenvalue weighted by atomic mass is 9.91. The van der Waals surface area contributed by atoms with E-state index in [1.807, 2.05) is 43.9 Å². The van der Waals surface area contributed by atoms with E-state index in [2.05, 4.69) is 10.4 Å². The molecule has 3 aliphatic rings. The molecule has 5 rings (SSSR count). The summed E-state index contributed by atoms with van der Waals surface area (Å²) >= 11 is 0. The number of aliphatic hydroxyl groups excluding tert-OH is 1. The summed E-state index contributed by atoms with van der Waals surface area (Å²) < 4.78 is 55.9. The van der Waals surface area contributed by atoms with E-state index in [1.165, 1.54) is 33.5 Å². The van der Waals surface area contributed by atoms with Gasteiger partial charge in [0.1, 0.15) is 22.9 Å². The monoisotopic (exact) mass is 732 g/mol. The molecule has 0 spiro atoms. The van der Waals surface area contributed by atoms with Gasteiger partial charge >= 0.3 is 12.1 Å². The number of aromatic nitrogens is 2. The van der Waals surface area contributed by atoms with Crippen molar-refractivity contribution in [2.75, 3.05) is 57.3 Å². The average Bonchev–Trinajstić information content (AvgIpc) is 3.54. The van der Waals surface area contributed by atoms with Gasteiger partial charge in [-0.3, -0.25) is 9.48 Å². The molecule has 2 N–H and O–H groups in total. The third-order valence-corrected chi connectivity index (χ3v) is 11.4. The third-order valence-electron chi connectivity index (χ3n) is 9.54. The molecule has 2 saturated heterocycles. The van der Waals surface area contributed by atoms with Crippen molar-refractivity contribution in [1.82, 2.24) is 24.3 Å². The van der Waals surface area contributed by atoms with Gasteiger partial charge in [0.05, 0.1) is 18.7 Å². The molecule has 51 heavy (non-hydrogen) atoms. The Bertz CT molecular complexity index is 1670. The summed E-state index contributed by atoms with van der Waals surface area (Å²) in [6.07, 6.45) is 6.43. The average molecular weight is 733 g/mol. The van der Waals surface area contributed by atoms with Crippen LogP contribution in [0, 0.1) is 17.7 Å². The minimum atomic E-state index is -3.69. The summed E-state index contributed by atoms with van der Waals surface area (Å²) in [5.41, 5.74) is 1.82. The maximum atomic E-state index is 15.0. The number of ether oxygens (including phenoxy) is 2. The molecule has 0 bridgehead atoms. The van der Waals surface area contributed by atoms with Crippen LogP contribution in [0.3, 0.4) is 0 Å². The van der Waals surface area contributed by atoms with E-state index in [0.717, 1.165) is 0 Å². The Hall–Kier alpha value is -3.79. The molecule has 2 fully saturated rings. The zero-order valence-electron chi connectivity index (χ0n) is 29.2. The van der Waals surface area contributed by atoms with E-state index >= 15 is 4.39 Å². The van der Waals surface area contributed by atoms with Crippen LogP contribution in [0.2, 0.25) is 0 Å². The second kappa shape index (κ2) is 17.6. The van der Waals surface area contributed by atoms with E-state index in [4.69, 9.17) is 9.47 Å². The van der Waals surface area contributed by atoms with Crippen LogP contribution in [0.4, 0.5) is 14.9 Å². The number of nitrogens with zero attached hydrogens (tertiary/aromatic N) is 5. The molecule has 0 aliphatic carbocycles. The van der Waals surface area contributed by atoms with Crippen LogP contribution in [-0.2, 0) is 31.3 Å². The normalized spacial score (nSPS) is 26.7. The molecule has 4 heterocycles. The molecule has 15 heteroatoms. The molecule has 282 valence electrons. The molecule has 0 saturated carbocycles. The number of cyclic esters (lactones) is 1. The van der Waals surface area contributed by atoms with E-state index in [0.29, 0.717) is 68.9 Å². The lowest BCUT2D eigenvalue weighted by molar-refractivity contribution is -0.151. The lowest BCUT2D eigenvalue weighted by Crippen LogP contribution is -2.48. The van der Waals surface area contributed by atoms with Gasteiger partial charge in [-0.2, -0.15) is 9.40 Å². The van der Waals surface area contributed by atoms with E-state index in [9.17, 15) is 23.1 Å². The first-order valence-electron chi connectivity index (χ1n) is 17.2. The molecule has 0 unspecified atom stereocenters. The first-order chi connectivity index (χ1) is 23.8. The summed E-state index contributed by atoms with van der Waals surface area (Å²) in [4.78, 5) is 29.7. The van der Waals surface area contributed by atoms with Crippen molar-refractivity contribution in [3.63, 3.8) is 0 Å². The van der Waals surface area contributed by atoms with Gasteiger partial charge < -0.3 is 29.7 Å². The number of esters is 1. The van der Waals surface area contributed by atoms with Crippen LogP contribution in [0.5, 0.6) is 0 Å². The molecule has 0 radical (unpaired) electrons. The fraction of sp³-hybridized carbons (Fsp3) is 0.583. The quantitative estimate of drug-likeness (QED) is 0.332. The van der Waals surface area contributed by atoms with Gasteiger partial charge in [-0.25, -0.2) is 17.6 Å². The topological polar surface area (TPSA) is 147 Å². The number of carbonyl (C=O) groups is 2. The van der Waals surface area contributed by atoms with Crippen molar-refractivity contribution in [1.29, 1.82) is 0 Å². The molecule has 13 nitrogen and oxygen atoms in total. The van der Waals surface area contributed by atoms with E-state index < -0.39 is 40.1 Å². The molecule has 2 aromatic rings. The Morgan fingerprint density at radius 1 is 1.08 bits per heavy atom. The summed E-state index contributed by atoms with van der Waals surface area (Å²) in [7, 11) is -2.03. The number of carbonyl (C=O) groups excluding carboxylic acids is 2. The smallest absolute Gasteiger partial charge is 0.410 e. The first kappa shape index (κ1) is 40.0. The number of sulfonamides is 1. The van der Waals surface area contributed by atoms with Gasteiger partial charge in [0, 0.05) is 77.2 Å². The molecule has 1 aromatic heterocycles. The number of hydrogen-bond donors (Lipinski definition) is 2. The SMILES string of the molecule is C.C/C(=C\c1cc(F)cc(N2CCN(S(=O)(=O)c3cnn(C)c3)CC2)c1)[C@H]1OC(=O)C[C@H](O)CC[C@H](C)[C@@H](OC(=O)N2CCNCC2)/C=C/[C@@H]1C. The van der Waals surface area contributed by atoms with Crippen molar-refractivity contribution >= 4 is 33.8 Å². The molecule has 1 aromatic carbocycles. The first-order valence-corrected chi connectivity index (χ1v) is 18.7. The Balaban J connectivity index is 0.00000583. The van der Waals surface area contributed by atoms with Gasteiger partial charge in [0.15, 0.2) is 0 Å². The predicted octanol–water partition coefficient (Wildman–Crippen LogP) is 3.80. The number of amides is 1. The van der Waals surface area contributed by atoms with Crippen LogP contribution in [0.1, 0.15) is 53.0 Å². The van der Waals surface area contributed by atoms with Gasteiger partial charge in [-0.15, -0.1) is 0 Å². The third kappa shape index (κ3) is 10.4. The molecule has 5 atom stereocenters. The largest absolute Gasteiger partial charge is 0.457 e. The van der Waals surface area contributed by atoms with Gasteiger partial charge in [0.2, 0.25) is 10.0 Å². The van der Waals surface area contributed by atoms with Crippen LogP contribution in [0.15, 0.2) is 53.2 Å². The zero-order chi connectivity index (χ0) is 36.0. The zero-order valence-corrected chi connectivity index (χ0v) is 30.0. The Morgan fingerprint density at radius 2 is 1.78 bits per heavy atom. The second-order valence-corrected chi connectivity index (χ2v) is 15.5. The van der Waals surface area contributed by atoms with Crippen molar-refractivity contribution in [3.8, 4) is 0 Å². The highest BCUT2D eigenvalue weighted by molar-refractivity contribution is 7.89. The highest BCUT2D eigenvalue weighted by Crippen LogP contribution is 2.28. The van der Waals surface area contributed by atoms with Gasteiger partial charge in [-0.1, -0.05) is 33.4 Å². The minimum Gasteiger partial charge on any atom is -0.457 e. The maximum absolute atomic E-state index is 15.0. The van der Waals surface area contributed by atoms with Crippen molar-refractivity contribution in [2.24, 2.45) is 18.9 Å². The highest BCUT2D eigenvalue weighted by atomic mass is 32.2. The maximum Gasteiger partial charge on any atom is 0.410 e. The number of hydrogen-bond acceptors (Lipinski definition) is 10. The number of piperazine rings is 2. The Labute approximate surface area is 301 Å². The molecular formula is C36H53FN6O7S. The van der Waals surface area contributed by atoms with Crippen LogP contribution < -0.4 is 10.2 Å². The molecule has 1 amide bonds. The summed E-state index contributed by atoms with van der Waals surface area (Å²) in [6, 6.07) is 4.64. The van der Waals surface area contributed by atoms with Gasteiger partial charge in [0.25, 0.3) is 0 Å². The van der Waals surface area contributed by atoms with E-state index in [-0.39, 0.29) is 49.8 Å².